The van der Waals surface area contributed by atoms with E-state index in [1.54, 1.807) is 0 Å². The highest BCUT2D eigenvalue weighted by atomic mass is 35.5. The van der Waals surface area contributed by atoms with Crippen LogP contribution in [-0.4, -0.2) is 42.2 Å². The summed E-state index contributed by atoms with van der Waals surface area (Å²) in [5.41, 5.74) is 11.4. The molecule has 0 radical (unpaired) electrons. The summed E-state index contributed by atoms with van der Waals surface area (Å²) in [6.07, 6.45) is 7.27. The lowest BCUT2D eigenvalue weighted by Crippen LogP contribution is -2.20. The fourth-order valence-corrected chi connectivity index (χ4v) is 5.16. The third kappa shape index (κ3) is 4.97. The summed E-state index contributed by atoms with van der Waals surface area (Å²) in [4.78, 5) is 9.76. The smallest absolute Gasteiger partial charge is 0.150 e. The first-order valence-corrected chi connectivity index (χ1v) is 11.7. The molecule has 1 fully saturated rings. The van der Waals surface area contributed by atoms with Crippen LogP contribution in [0.2, 0.25) is 0 Å². The van der Waals surface area contributed by atoms with E-state index in [2.05, 4.69) is 66.7 Å². The lowest BCUT2D eigenvalue weighted by molar-refractivity contribution is 0.411. The van der Waals surface area contributed by atoms with Gasteiger partial charge in [-0.1, -0.05) is 55.9 Å². The molecule has 0 bridgehead atoms. The minimum absolute atomic E-state index is 0.00807. The second kappa shape index (κ2) is 10.3. The molecule has 1 aliphatic heterocycles. The van der Waals surface area contributed by atoms with Gasteiger partial charge in [-0.05, 0) is 56.8 Å². The predicted molar refractivity (Wildman–Crippen MR) is 131 cm³/mol. The van der Waals surface area contributed by atoms with Crippen LogP contribution in [0.4, 0.5) is 0 Å². The molecule has 0 saturated carbocycles. The second-order valence-electron chi connectivity index (χ2n) is 8.47. The Kier molecular flexibility index (Phi) is 7.80. The average Bonchev–Trinajstić information content (AvgIpc) is 3.38. The van der Waals surface area contributed by atoms with Crippen LogP contribution in [0.15, 0.2) is 33.3 Å². The number of likely N-dealkylation sites (N-methyl/N-ethyl adjacent to an activating group) is 1. The van der Waals surface area contributed by atoms with E-state index < -0.39 is 0 Å². The van der Waals surface area contributed by atoms with E-state index in [0.717, 1.165) is 61.4 Å². The standard InChI is InChI=1S/C25H34ClN5/c1-5-16-12-17(6-2)23(26)21(20(16)7-3)9-8-18-13-22(19-10-11-31(4)14-19)30-24(18)25(28)29-15-27/h12-13,15,19-21,30H,5-7,10-11,14H2,1-4H3,(H3,27,28,29). The summed E-state index contributed by atoms with van der Waals surface area (Å²) in [5, 5.41) is 8.17. The fourth-order valence-electron chi connectivity index (χ4n) is 4.76. The normalized spacial score (nSPS) is 24.7. The van der Waals surface area contributed by atoms with Crippen molar-refractivity contribution >= 4 is 23.8 Å². The van der Waals surface area contributed by atoms with Crippen molar-refractivity contribution in [2.45, 2.75) is 52.4 Å². The number of likely N-dealkylation sites (tertiary alicyclic amines) is 1. The Balaban J connectivity index is 2.02. The number of aromatic amines is 1. The first-order valence-electron chi connectivity index (χ1n) is 11.3. The number of halogens is 1. The maximum absolute atomic E-state index is 7.30. The summed E-state index contributed by atoms with van der Waals surface area (Å²) < 4.78 is 0. The lowest BCUT2D eigenvalue weighted by atomic mass is 9.77. The van der Waals surface area contributed by atoms with Crippen LogP contribution in [0.3, 0.4) is 0 Å². The van der Waals surface area contributed by atoms with Gasteiger partial charge in [-0.15, -0.1) is 0 Å². The van der Waals surface area contributed by atoms with E-state index >= 15 is 0 Å². The molecule has 1 aliphatic carbocycles. The number of nitrogens with one attached hydrogen (secondary N) is 2. The van der Waals surface area contributed by atoms with E-state index in [-0.39, 0.29) is 11.8 Å². The number of aliphatic imine (C=N–C) groups is 1. The van der Waals surface area contributed by atoms with Crippen molar-refractivity contribution in [3.63, 3.8) is 0 Å². The van der Waals surface area contributed by atoms with Gasteiger partial charge in [0.2, 0.25) is 0 Å². The van der Waals surface area contributed by atoms with Crippen LogP contribution < -0.4 is 5.73 Å². The summed E-state index contributed by atoms with van der Waals surface area (Å²) in [6, 6.07) is 2.11. The van der Waals surface area contributed by atoms with Crippen LogP contribution in [0.25, 0.3) is 0 Å². The average molecular weight is 440 g/mol. The Morgan fingerprint density at radius 3 is 2.74 bits per heavy atom. The number of aromatic nitrogens is 1. The highest BCUT2D eigenvalue weighted by Gasteiger charge is 2.29. The molecule has 3 unspecified atom stereocenters. The quantitative estimate of drug-likeness (QED) is 0.331. The molecule has 0 aromatic carbocycles. The van der Waals surface area contributed by atoms with Crippen LogP contribution in [0.5, 0.6) is 0 Å². The molecule has 5 nitrogen and oxygen atoms in total. The molecule has 2 heterocycles. The molecule has 3 rings (SSSR count). The molecule has 2 aliphatic rings. The molecule has 4 N–H and O–H groups in total. The number of H-pyrrole nitrogens is 1. The van der Waals surface area contributed by atoms with Gasteiger partial charge in [0.25, 0.3) is 0 Å². The number of allylic oxidation sites excluding steroid dienone is 4. The lowest BCUT2D eigenvalue weighted by Gasteiger charge is -2.30. The molecule has 6 heteroatoms. The van der Waals surface area contributed by atoms with Crippen molar-refractivity contribution in [1.82, 2.24) is 9.88 Å². The first kappa shape index (κ1) is 23.4. The van der Waals surface area contributed by atoms with Gasteiger partial charge in [0.05, 0.1) is 17.2 Å². The molecule has 0 spiro atoms. The van der Waals surface area contributed by atoms with Crippen molar-refractivity contribution < 1.29 is 0 Å². The molecule has 166 valence electrons. The van der Waals surface area contributed by atoms with Crippen molar-refractivity contribution in [1.29, 1.82) is 5.41 Å². The summed E-state index contributed by atoms with van der Waals surface area (Å²) >= 11 is 6.83. The molecule has 1 aromatic rings. The molecule has 0 amide bonds. The third-order valence-corrected chi connectivity index (χ3v) is 7.02. The van der Waals surface area contributed by atoms with Crippen LogP contribution in [0, 0.1) is 29.1 Å². The van der Waals surface area contributed by atoms with Gasteiger partial charge < -0.3 is 15.6 Å². The van der Waals surface area contributed by atoms with Crippen LogP contribution >= 0.6 is 11.6 Å². The number of hydrogen-bond donors (Lipinski definition) is 3. The minimum Gasteiger partial charge on any atom is -0.382 e. The largest absolute Gasteiger partial charge is 0.382 e. The van der Waals surface area contributed by atoms with E-state index in [9.17, 15) is 0 Å². The Morgan fingerprint density at radius 1 is 1.39 bits per heavy atom. The predicted octanol–water partition coefficient (Wildman–Crippen LogP) is 4.99. The van der Waals surface area contributed by atoms with Crippen molar-refractivity contribution in [2.75, 3.05) is 20.1 Å². The van der Waals surface area contributed by atoms with Gasteiger partial charge in [0.1, 0.15) is 12.2 Å². The second-order valence-corrected chi connectivity index (χ2v) is 8.87. The summed E-state index contributed by atoms with van der Waals surface area (Å²) in [6.45, 7) is 8.64. The van der Waals surface area contributed by atoms with Gasteiger partial charge in [0.15, 0.2) is 0 Å². The highest BCUT2D eigenvalue weighted by Crippen LogP contribution is 2.40. The van der Waals surface area contributed by atoms with Crippen molar-refractivity contribution in [2.24, 2.45) is 22.6 Å². The SMILES string of the molecule is CCC1=CC(CC)=C(Cl)C(C#Cc2cc(C3CCN(C)C3)[nH]c2C(N)=NC=N)C1CC. The van der Waals surface area contributed by atoms with Crippen LogP contribution in [-0.2, 0) is 0 Å². The minimum atomic E-state index is -0.00807. The van der Waals surface area contributed by atoms with Crippen LogP contribution in [0.1, 0.15) is 69.3 Å². The molecular formula is C25H34ClN5. The Labute approximate surface area is 191 Å². The molecule has 1 aromatic heterocycles. The third-order valence-electron chi connectivity index (χ3n) is 6.54. The molecule has 31 heavy (non-hydrogen) atoms. The molecular weight excluding hydrogens is 406 g/mol. The van der Waals surface area contributed by atoms with E-state index in [0.29, 0.717) is 17.5 Å². The number of amidine groups is 1. The summed E-state index contributed by atoms with van der Waals surface area (Å²) in [5.74, 6) is 7.91. The number of hydrogen-bond acceptors (Lipinski definition) is 2. The van der Waals surface area contributed by atoms with E-state index in [1.165, 1.54) is 11.1 Å². The summed E-state index contributed by atoms with van der Waals surface area (Å²) in [7, 11) is 2.14. The number of nitrogens with two attached hydrogens (primary N) is 1. The van der Waals surface area contributed by atoms with Gasteiger partial charge >= 0.3 is 0 Å². The van der Waals surface area contributed by atoms with Crippen molar-refractivity contribution in [3.8, 4) is 11.8 Å². The topological polar surface area (TPSA) is 81.3 Å². The Morgan fingerprint density at radius 2 is 2.16 bits per heavy atom. The van der Waals surface area contributed by atoms with Crippen molar-refractivity contribution in [3.05, 3.63) is 45.3 Å². The Hall–Kier alpha value is -2.29. The zero-order valence-electron chi connectivity index (χ0n) is 19.1. The number of rotatable bonds is 6. The maximum Gasteiger partial charge on any atom is 0.150 e. The Bertz CT molecular complexity index is 972. The fraction of sp³-hybridized carbons (Fsp3) is 0.520. The first-order chi connectivity index (χ1) is 14.9. The number of nitrogens with zero attached hydrogens (tertiary/aromatic N) is 2. The van der Waals surface area contributed by atoms with Gasteiger partial charge in [-0.25, -0.2) is 4.99 Å². The monoisotopic (exact) mass is 439 g/mol. The zero-order chi connectivity index (χ0) is 22.5. The highest BCUT2D eigenvalue weighted by molar-refractivity contribution is 6.30. The maximum atomic E-state index is 7.30. The van der Waals surface area contributed by atoms with Gasteiger partial charge in [0, 0.05) is 23.2 Å². The molecule has 3 atom stereocenters. The zero-order valence-corrected chi connectivity index (χ0v) is 19.8. The molecule has 1 saturated heterocycles. The van der Waals surface area contributed by atoms with Gasteiger partial charge in [-0.2, -0.15) is 0 Å². The van der Waals surface area contributed by atoms with E-state index in [4.69, 9.17) is 22.7 Å². The van der Waals surface area contributed by atoms with E-state index in [1.807, 2.05) is 0 Å². The van der Waals surface area contributed by atoms with Gasteiger partial charge in [-0.3, -0.25) is 5.41 Å².